The Kier molecular flexibility index (Phi) is 8.57. The number of hydrogen-bond acceptors (Lipinski definition) is 5. The van der Waals surface area contributed by atoms with Gasteiger partial charge in [-0.3, -0.25) is 4.79 Å². The third kappa shape index (κ3) is 6.80. The molecule has 4 rings (SSSR count). The summed E-state index contributed by atoms with van der Waals surface area (Å²) in [4.78, 5) is 22.0. The van der Waals surface area contributed by atoms with Crippen LogP contribution in [0.15, 0.2) is 54.6 Å². The van der Waals surface area contributed by atoms with Crippen molar-refractivity contribution >= 4 is 34.2 Å². The number of nitrogens with zero attached hydrogens (tertiary/aromatic N) is 4. The molecule has 1 saturated heterocycles. The molecular weight excluding hydrogens is 464 g/mol. The molecule has 1 amide bonds. The van der Waals surface area contributed by atoms with Crippen LogP contribution in [0.5, 0.6) is 0 Å². The number of carbonyl (C=O) groups excluding carboxylic acids is 1. The van der Waals surface area contributed by atoms with Crippen LogP contribution in [0.1, 0.15) is 50.1 Å². The number of aromatic nitrogens is 2. The van der Waals surface area contributed by atoms with E-state index in [1.165, 1.54) is 17.1 Å². The van der Waals surface area contributed by atoms with Crippen molar-refractivity contribution in [3.63, 3.8) is 0 Å². The summed E-state index contributed by atoms with van der Waals surface area (Å²) < 4.78 is 4.56. The van der Waals surface area contributed by atoms with Gasteiger partial charge in [-0.25, -0.2) is 4.98 Å². The summed E-state index contributed by atoms with van der Waals surface area (Å²) in [7, 11) is 0. The van der Waals surface area contributed by atoms with Crippen molar-refractivity contribution in [2.24, 2.45) is 5.92 Å². The number of rotatable bonds is 9. The van der Waals surface area contributed by atoms with Crippen LogP contribution in [0.25, 0.3) is 0 Å². The monoisotopic (exact) mass is 496 g/mol. The second kappa shape index (κ2) is 11.8. The summed E-state index contributed by atoms with van der Waals surface area (Å²) in [6.45, 7) is 6.67. The van der Waals surface area contributed by atoms with E-state index in [0.717, 1.165) is 53.9 Å². The van der Waals surface area contributed by atoms with E-state index >= 15 is 0 Å². The molecule has 1 fully saturated rings. The Hall–Kier alpha value is -2.44. The summed E-state index contributed by atoms with van der Waals surface area (Å²) in [6, 6.07) is 18.7. The Morgan fingerprint density at radius 3 is 2.47 bits per heavy atom. The van der Waals surface area contributed by atoms with Crippen LogP contribution in [-0.4, -0.2) is 45.8 Å². The molecule has 1 aliphatic heterocycles. The zero-order valence-corrected chi connectivity index (χ0v) is 21.6. The molecule has 0 radical (unpaired) electrons. The number of anilines is 1. The number of piperidine rings is 1. The van der Waals surface area contributed by atoms with E-state index < -0.39 is 0 Å². The van der Waals surface area contributed by atoms with Crippen molar-refractivity contribution in [3.8, 4) is 0 Å². The van der Waals surface area contributed by atoms with Crippen molar-refractivity contribution in [1.82, 2.24) is 14.3 Å². The fourth-order valence-electron chi connectivity index (χ4n) is 4.50. The fraction of sp³-hybridized carbons (Fsp3) is 0.444. The van der Waals surface area contributed by atoms with E-state index in [-0.39, 0.29) is 11.9 Å². The average molecular weight is 497 g/mol. The van der Waals surface area contributed by atoms with E-state index in [1.54, 1.807) is 0 Å². The Bertz CT molecular complexity index is 1050. The summed E-state index contributed by atoms with van der Waals surface area (Å²) in [5, 5.41) is 1.61. The van der Waals surface area contributed by atoms with Gasteiger partial charge in [-0.1, -0.05) is 54.1 Å². The molecule has 2 aromatic carbocycles. The number of likely N-dealkylation sites (tertiary alicyclic amines) is 1. The Labute approximate surface area is 211 Å². The Morgan fingerprint density at radius 2 is 1.79 bits per heavy atom. The molecule has 5 nitrogen and oxygen atoms in total. The van der Waals surface area contributed by atoms with Crippen LogP contribution in [0.2, 0.25) is 5.02 Å². The molecule has 0 saturated carbocycles. The predicted molar refractivity (Wildman–Crippen MR) is 141 cm³/mol. The SMILES string of the molecule is CC(C)N(CCC(=O)N1CCC(Cc2ccccc2)CC1)c1nc(Cc2ccc(Cl)cc2)ns1. The fourth-order valence-corrected chi connectivity index (χ4v) is 5.47. The maximum Gasteiger partial charge on any atom is 0.224 e. The second-order valence-electron chi connectivity index (χ2n) is 9.35. The lowest BCUT2D eigenvalue weighted by Gasteiger charge is -2.33. The lowest BCUT2D eigenvalue weighted by molar-refractivity contribution is -0.132. The highest BCUT2D eigenvalue weighted by atomic mass is 35.5. The summed E-state index contributed by atoms with van der Waals surface area (Å²) in [5.41, 5.74) is 2.53. The third-order valence-electron chi connectivity index (χ3n) is 6.50. The molecule has 3 aromatic rings. The van der Waals surface area contributed by atoms with Crippen LogP contribution in [0, 0.1) is 5.92 Å². The van der Waals surface area contributed by atoms with Gasteiger partial charge in [-0.05, 0) is 62.3 Å². The molecule has 0 bridgehead atoms. The molecule has 0 spiro atoms. The van der Waals surface area contributed by atoms with Crippen LogP contribution >= 0.6 is 23.1 Å². The summed E-state index contributed by atoms with van der Waals surface area (Å²) >= 11 is 7.40. The molecule has 2 heterocycles. The molecule has 34 heavy (non-hydrogen) atoms. The van der Waals surface area contributed by atoms with E-state index in [2.05, 4.69) is 53.5 Å². The van der Waals surface area contributed by atoms with E-state index in [4.69, 9.17) is 16.6 Å². The molecule has 180 valence electrons. The van der Waals surface area contributed by atoms with Gasteiger partial charge < -0.3 is 9.80 Å². The molecule has 0 atom stereocenters. The molecule has 0 unspecified atom stereocenters. The first-order valence-electron chi connectivity index (χ1n) is 12.1. The van der Waals surface area contributed by atoms with Gasteiger partial charge >= 0.3 is 0 Å². The highest BCUT2D eigenvalue weighted by molar-refractivity contribution is 7.09. The van der Waals surface area contributed by atoms with E-state index in [0.29, 0.717) is 25.3 Å². The highest BCUT2D eigenvalue weighted by Crippen LogP contribution is 2.24. The van der Waals surface area contributed by atoms with Gasteiger partial charge in [0.05, 0.1) is 0 Å². The van der Waals surface area contributed by atoms with Crippen LogP contribution in [0.4, 0.5) is 5.13 Å². The van der Waals surface area contributed by atoms with Crippen molar-refractivity contribution < 1.29 is 4.79 Å². The zero-order chi connectivity index (χ0) is 23.9. The number of halogens is 1. The normalized spacial score (nSPS) is 14.5. The minimum absolute atomic E-state index is 0.245. The van der Waals surface area contributed by atoms with E-state index in [9.17, 15) is 4.79 Å². The highest BCUT2D eigenvalue weighted by Gasteiger charge is 2.24. The van der Waals surface area contributed by atoms with Gasteiger partial charge in [0, 0.05) is 55.1 Å². The van der Waals surface area contributed by atoms with Gasteiger partial charge in [-0.2, -0.15) is 4.37 Å². The minimum Gasteiger partial charge on any atom is -0.344 e. The molecule has 7 heteroatoms. The Balaban J connectivity index is 1.27. The first kappa shape index (κ1) is 24.7. The van der Waals surface area contributed by atoms with Crippen molar-refractivity contribution in [3.05, 3.63) is 76.6 Å². The Morgan fingerprint density at radius 1 is 1.09 bits per heavy atom. The van der Waals surface area contributed by atoms with Crippen LogP contribution in [0.3, 0.4) is 0 Å². The topological polar surface area (TPSA) is 49.3 Å². The lowest BCUT2D eigenvalue weighted by Crippen LogP contribution is -2.41. The van der Waals surface area contributed by atoms with Crippen molar-refractivity contribution in [2.45, 2.75) is 52.0 Å². The molecule has 0 aliphatic carbocycles. The van der Waals surface area contributed by atoms with Crippen molar-refractivity contribution in [2.75, 3.05) is 24.5 Å². The number of amides is 1. The van der Waals surface area contributed by atoms with Crippen LogP contribution in [-0.2, 0) is 17.6 Å². The number of carbonyl (C=O) groups is 1. The maximum absolute atomic E-state index is 13.0. The summed E-state index contributed by atoms with van der Waals surface area (Å²) in [5.74, 6) is 1.72. The molecule has 1 aliphatic rings. The molecule has 1 aromatic heterocycles. The minimum atomic E-state index is 0.245. The largest absolute Gasteiger partial charge is 0.344 e. The van der Waals surface area contributed by atoms with Gasteiger partial charge in [-0.15, -0.1) is 0 Å². The second-order valence-corrected chi connectivity index (χ2v) is 10.5. The standard InChI is InChI=1S/C27H33ClN4OS/c1-20(2)32(27-29-25(30-34-27)19-22-8-10-24(28)11-9-22)17-14-26(33)31-15-12-23(13-16-31)18-21-6-4-3-5-7-21/h3-11,20,23H,12-19H2,1-2H3. The van der Waals surface area contributed by atoms with E-state index in [1.807, 2.05) is 29.2 Å². The van der Waals surface area contributed by atoms with Gasteiger partial charge in [0.1, 0.15) is 5.82 Å². The molecular formula is C27H33ClN4OS. The van der Waals surface area contributed by atoms with Crippen LogP contribution < -0.4 is 4.90 Å². The van der Waals surface area contributed by atoms with Gasteiger partial charge in [0.2, 0.25) is 11.0 Å². The third-order valence-corrected chi connectivity index (χ3v) is 7.55. The first-order valence-corrected chi connectivity index (χ1v) is 13.3. The molecule has 0 N–H and O–H groups in total. The number of benzene rings is 2. The first-order chi connectivity index (χ1) is 16.5. The van der Waals surface area contributed by atoms with Gasteiger partial charge in [0.15, 0.2) is 0 Å². The van der Waals surface area contributed by atoms with Gasteiger partial charge in [0.25, 0.3) is 0 Å². The number of hydrogen-bond donors (Lipinski definition) is 0. The smallest absolute Gasteiger partial charge is 0.224 e. The zero-order valence-electron chi connectivity index (χ0n) is 20.0. The quantitative estimate of drug-likeness (QED) is 0.372. The average Bonchev–Trinajstić information content (AvgIpc) is 3.29. The lowest BCUT2D eigenvalue weighted by atomic mass is 9.90. The maximum atomic E-state index is 13.0. The summed E-state index contributed by atoms with van der Waals surface area (Å²) in [6.07, 6.45) is 4.46. The van der Waals surface area contributed by atoms with Crippen molar-refractivity contribution in [1.29, 1.82) is 0 Å². The predicted octanol–water partition coefficient (Wildman–Crippen LogP) is 5.87.